The molecule has 0 bridgehead atoms. The zero-order valence-electron chi connectivity index (χ0n) is 10.1. The first-order chi connectivity index (χ1) is 9.24. The summed E-state index contributed by atoms with van der Waals surface area (Å²) in [4.78, 5) is 12.2. The van der Waals surface area contributed by atoms with Crippen LogP contribution in [-0.2, 0) is 0 Å². The number of fused-ring (bicyclic) bond motifs is 1. The molecule has 0 saturated heterocycles. The number of thiophene rings is 1. The van der Waals surface area contributed by atoms with Crippen molar-refractivity contribution < 1.29 is 4.79 Å². The summed E-state index contributed by atoms with van der Waals surface area (Å²) < 4.78 is 1.12. The molecule has 0 aliphatic rings. The molecule has 0 unspecified atom stereocenters. The molecule has 3 rings (SSSR count). The van der Waals surface area contributed by atoms with E-state index in [-0.39, 0.29) is 5.91 Å². The third kappa shape index (κ3) is 2.30. The van der Waals surface area contributed by atoms with Gasteiger partial charge >= 0.3 is 0 Å². The van der Waals surface area contributed by atoms with Crippen molar-refractivity contribution in [1.29, 1.82) is 0 Å². The predicted molar refractivity (Wildman–Crippen MR) is 80.6 cm³/mol. The van der Waals surface area contributed by atoms with Crippen LogP contribution >= 0.6 is 11.3 Å². The molecule has 3 nitrogen and oxygen atoms in total. The molecule has 0 radical (unpaired) electrons. The van der Waals surface area contributed by atoms with Crippen molar-refractivity contribution in [3.63, 3.8) is 0 Å². The first-order valence-corrected chi connectivity index (χ1v) is 6.75. The van der Waals surface area contributed by atoms with E-state index in [4.69, 9.17) is 5.73 Å². The molecule has 0 aliphatic heterocycles. The molecule has 19 heavy (non-hydrogen) atoms. The van der Waals surface area contributed by atoms with E-state index in [0.717, 1.165) is 15.8 Å². The molecule has 0 saturated carbocycles. The number of amides is 1. The minimum absolute atomic E-state index is 0.0952. The van der Waals surface area contributed by atoms with E-state index in [1.807, 2.05) is 29.6 Å². The van der Waals surface area contributed by atoms with Crippen molar-refractivity contribution >= 4 is 38.7 Å². The van der Waals surface area contributed by atoms with Gasteiger partial charge in [-0.25, -0.2) is 0 Å². The topological polar surface area (TPSA) is 55.1 Å². The number of hydrogen-bond donors (Lipinski definition) is 2. The average molecular weight is 268 g/mol. The first kappa shape index (κ1) is 11.7. The maximum absolute atomic E-state index is 12.2. The lowest BCUT2D eigenvalue weighted by molar-refractivity contribution is 0.102. The van der Waals surface area contributed by atoms with Crippen molar-refractivity contribution in [2.45, 2.75) is 0 Å². The smallest absolute Gasteiger partial charge is 0.257 e. The molecule has 1 aromatic heterocycles. The highest BCUT2D eigenvalue weighted by Crippen LogP contribution is 2.26. The highest BCUT2D eigenvalue weighted by atomic mass is 32.1. The van der Waals surface area contributed by atoms with Crippen LogP contribution in [0.1, 0.15) is 10.4 Å². The van der Waals surface area contributed by atoms with Gasteiger partial charge in [0.2, 0.25) is 0 Å². The fourth-order valence-corrected chi connectivity index (χ4v) is 2.86. The Balaban J connectivity index is 1.90. The number of anilines is 2. The molecule has 0 spiro atoms. The van der Waals surface area contributed by atoms with Gasteiger partial charge in [-0.2, -0.15) is 0 Å². The summed E-state index contributed by atoms with van der Waals surface area (Å²) in [6.07, 6.45) is 0. The predicted octanol–water partition coefficient (Wildman–Crippen LogP) is 3.74. The fourth-order valence-electron chi connectivity index (χ4n) is 1.92. The van der Waals surface area contributed by atoms with Crippen LogP contribution in [0.5, 0.6) is 0 Å². The molecule has 4 heteroatoms. The normalized spacial score (nSPS) is 10.5. The van der Waals surface area contributed by atoms with Crippen molar-refractivity contribution in [1.82, 2.24) is 0 Å². The zero-order chi connectivity index (χ0) is 13.2. The van der Waals surface area contributed by atoms with Crippen LogP contribution in [0.25, 0.3) is 10.1 Å². The summed E-state index contributed by atoms with van der Waals surface area (Å²) >= 11 is 1.57. The maximum Gasteiger partial charge on any atom is 0.257 e. The summed E-state index contributed by atoms with van der Waals surface area (Å²) in [6, 6.07) is 15.0. The summed E-state index contributed by atoms with van der Waals surface area (Å²) in [7, 11) is 0. The highest BCUT2D eigenvalue weighted by molar-refractivity contribution is 7.17. The lowest BCUT2D eigenvalue weighted by Gasteiger charge is -2.04. The van der Waals surface area contributed by atoms with Crippen molar-refractivity contribution in [2.75, 3.05) is 11.1 Å². The second kappa shape index (κ2) is 4.74. The summed E-state index contributed by atoms with van der Waals surface area (Å²) in [5.74, 6) is -0.0952. The Bertz CT molecular complexity index is 731. The number of nitrogen functional groups attached to an aromatic ring is 1. The second-order valence-electron chi connectivity index (χ2n) is 4.22. The van der Waals surface area contributed by atoms with Gasteiger partial charge in [0, 0.05) is 26.8 Å². The molecule has 2 aromatic carbocycles. The quantitative estimate of drug-likeness (QED) is 0.696. The van der Waals surface area contributed by atoms with E-state index >= 15 is 0 Å². The van der Waals surface area contributed by atoms with E-state index in [1.165, 1.54) is 0 Å². The Hall–Kier alpha value is -2.33. The minimum Gasteiger partial charge on any atom is -0.399 e. The molecule has 94 valence electrons. The molecule has 0 aliphatic carbocycles. The SMILES string of the molecule is Nc1ccc(NC(=O)c2csc3ccccc23)cc1. The highest BCUT2D eigenvalue weighted by Gasteiger charge is 2.11. The minimum atomic E-state index is -0.0952. The van der Waals surface area contributed by atoms with E-state index in [2.05, 4.69) is 5.32 Å². The number of carbonyl (C=O) groups is 1. The lowest BCUT2D eigenvalue weighted by atomic mass is 10.1. The number of nitrogens with two attached hydrogens (primary N) is 1. The van der Waals surface area contributed by atoms with Crippen LogP contribution in [0.4, 0.5) is 11.4 Å². The number of benzene rings is 2. The monoisotopic (exact) mass is 268 g/mol. The van der Waals surface area contributed by atoms with Gasteiger partial charge in [-0.15, -0.1) is 11.3 Å². The second-order valence-corrected chi connectivity index (χ2v) is 5.13. The lowest BCUT2D eigenvalue weighted by Crippen LogP contribution is -2.11. The average Bonchev–Trinajstić information content (AvgIpc) is 2.85. The summed E-state index contributed by atoms with van der Waals surface area (Å²) in [6.45, 7) is 0. The Kier molecular flexibility index (Phi) is 2.93. The molecular formula is C15H12N2OS. The molecular weight excluding hydrogens is 256 g/mol. The van der Waals surface area contributed by atoms with Gasteiger partial charge in [0.25, 0.3) is 5.91 Å². The van der Waals surface area contributed by atoms with Gasteiger partial charge in [0.05, 0.1) is 5.56 Å². The van der Waals surface area contributed by atoms with Gasteiger partial charge in [-0.05, 0) is 30.3 Å². The number of nitrogens with one attached hydrogen (secondary N) is 1. The number of hydrogen-bond acceptors (Lipinski definition) is 3. The Labute approximate surface area is 114 Å². The standard InChI is InChI=1S/C15H12N2OS/c16-10-5-7-11(8-6-10)17-15(18)13-9-19-14-4-2-1-3-12(13)14/h1-9H,16H2,(H,17,18). The number of rotatable bonds is 2. The van der Waals surface area contributed by atoms with Crippen molar-refractivity contribution in [3.05, 3.63) is 59.5 Å². The first-order valence-electron chi connectivity index (χ1n) is 5.87. The van der Waals surface area contributed by atoms with Crippen LogP contribution in [0.2, 0.25) is 0 Å². The van der Waals surface area contributed by atoms with Gasteiger partial charge in [-0.3, -0.25) is 4.79 Å². The maximum atomic E-state index is 12.2. The molecule has 3 N–H and O–H groups in total. The van der Waals surface area contributed by atoms with Crippen molar-refractivity contribution in [2.24, 2.45) is 0 Å². The molecule has 0 atom stereocenters. The third-order valence-electron chi connectivity index (χ3n) is 2.89. The summed E-state index contributed by atoms with van der Waals surface area (Å²) in [5.41, 5.74) is 7.75. The van der Waals surface area contributed by atoms with Gasteiger partial charge in [0.15, 0.2) is 0 Å². The third-order valence-corrected chi connectivity index (χ3v) is 3.86. The van der Waals surface area contributed by atoms with Crippen LogP contribution in [-0.4, -0.2) is 5.91 Å². The van der Waals surface area contributed by atoms with E-state index < -0.39 is 0 Å². The molecule has 1 amide bonds. The van der Waals surface area contributed by atoms with E-state index in [9.17, 15) is 4.79 Å². The number of carbonyl (C=O) groups excluding carboxylic acids is 1. The van der Waals surface area contributed by atoms with Gasteiger partial charge in [0.1, 0.15) is 0 Å². The van der Waals surface area contributed by atoms with E-state index in [0.29, 0.717) is 11.3 Å². The Morgan fingerprint density at radius 1 is 1.05 bits per heavy atom. The van der Waals surface area contributed by atoms with Gasteiger partial charge < -0.3 is 11.1 Å². The van der Waals surface area contributed by atoms with E-state index in [1.54, 1.807) is 35.6 Å². The Morgan fingerprint density at radius 3 is 2.58 bits per heavy atom. The molecule has 1 heterocycles. The van der Waals surface area contributed by atoms with Crippen molar-refractivity contribution in [3.8, 4) is 0 Å². The van der Waals surface area contributed by atoms with Crippen LogP contribution in [0.3, 0.4) is 0 Å². The molecule has 3 aromatic rings. The largest absolute Gasteiger partial charge is 0.399 e. The van der Waals surface area contributed by atoms with Crippen LogP contribution < -0.4 is 11.1 Å². The molecule has 0 fully saturated rings. The van der Waals surface area contributed by atoms with Gasteiger partial charge in [-0.1, -0.05) is 18.2 Å². The fraction of sp³-hybridized carbons (Fsp3) is 0. The summed E-state index contributed by atoms with van der Waals surface area (Å²) in [5, 5.41) is 5.75. The van der Waals surface area contributed by atoms with Crippen LogP contribution in [0.15, 0.2) is 53.9 Å². The Morgan fingerprint density at radius 2 is 1.79 bits per heavy atom. The zero-order valence-corrected chi connectivity index (χ0v) is 10.9. The van der Waals surface area contributed by atoms with Crippen LogP contribution in [0, 0.1) is 0 Å².